The molecular weight excluding hydrogens is 388 g/mol. The van der Waals surface area contributed by atoms with Crippen molar-refractivity contribution in [3.63, 3.8) is 0 Å². The first-order valence-corrected chi connectivity index (χ1v) is 9.22. The SMILES string of the molecule is Cn1nc(C(=O)C(C#N)C(=O)Nc2cccc(Cl)c2)c2ccc3ccccc3c21. The number of anilines is 1. The van der Waals surface area contributed by atoms with Crippen molar-refractivity contribution in [2.75, 3.05) is 5.32 Å². The molecule has 0 saturated heterocycles. The Morgan fingerprint density at radius 1 is 1.10 bits per heavy atom. The standard InChI is InChI=1S/C22H15ClN4O2/c1-27-20-16-8-3-2-5-13(16)9-10-17(20)19(26-27)21(28)18(12-24)22(29)25-15-7-4-6-14(23)11-15/h2-11,18H,1H3,(H,25,29). The molecule has 1 unspecified atom stereocenters. The zero-order valence-corrected chi connectivity index (χ0v) is 16.1. The molecule has 0 aliphatic heterocycles. The van der Waals surface area contributed by atoms with Gasteiger partial charge in [-0.1, -0.05) is 48.0 Å². The second kappa shape index (κ2) is 7.38. The molecule has 142 valence electrons. The number of aromatic nitrogens is 2. The number of benzene rings is 3. The van der Waals surface area contributed by atoms with Gasteiger partial charge in [0.05, 0.1) is 11.6 Å². The summed E-state index contributed by atoms with van der Waals surface area (Å²) in [5.74, 6) is -2.90. The molecule has 6 nitrogen and oxygen atoms in total. The first-order chi connectivity index (χ1) is 14.0. The minimum absolute atomic E-state index is 0.0982. The molecule has 0 saturated carbocycles. The number of nitrogens with zero attached hydrogens (tertiary/aromatic N) is 3. The number of carbonyl (C=O) groups excluding carboxylic acids is 2. The fraction of sp³-hybridized carbons (Fsp3) is 0.0909. The molecule has 0 aliphatic carbocycles. The lowest BCUT2D eigenvalue weighted by Gasteiger charge is -2.09. The van der Waals surface area contributed by atoms with Gasteiger partial charge in [-0.2, -0.15) is 10.4 Å². The molecule has 0 radical (unpaired) electrons. The van der Waals surface area contributed by atoms with Crippen LogP contribution in [0.2, 0.25) is 5.02 Å². The molecule has 1 atom stereocenters. The average molecular weight is 403 g/mol. The maximum Gasteiger partial charge on any atom is 0.249 e. The fourth-order valence-electron chi connectivity index (χ4n) is 3.38. The summed E-state index contributed by atoms with van der Waals surface area (Å²) < 4.78 is 1.61. The molecule has 1 amide bonds. The molecule has 29 heavy (non-hydrogen) atoms. The van der Waals surface area contributed by atoms with Gasteiger partial charge in [0, 0.05) is 28.5 Å². The summed E-state index contributed by atoms with van der Waals surface area (Å²) in [6.45, 7) is 0. The highest BCUT2D eigenvalue weighted by Gasteiger charge is 2.31. The number of aryl methyl sites for hydroxylation is 1. The van der Waals surface area contributed by atoms with Crippen molar-refractivity contribution in [2.24, 2.45) is 13.0 Å². The van der Waals surface area contributed by atoms with Crippen LogP contribution in [0.5, 0.6) is 0 Å². The number of rotatable bonds is 4. The predicted molar refractivity (Wildman–Crippen MR) is 112 cm³/mol. The van der Waals surface area contributed by atoms with Crippen LogP contribution in [0.1, 0.15) is 10.5 Å². The van der Waals surface area contributed by atoms with Crippen LogP contribution in [0, 0.1) is 17.2 Å². The van der Waals surface area contributed by atoms with Gasteiger partial charge in [0.2, 0.25) is 11.7 Å². The Hall–Kier alpha value is -3.69. The van der Waals surface area contributed by atoms with Gasteiger partial charge in [-0.15, -0.1) is 0 Å². The van der Waals surface area contributed by atoms with Crippen LogP contribution >= 0.6 is 11.6 Å². The van der Waals surface area contributed by atoms with Crippen molar-refractivity contribution in [3.05, 3.63) is 71.4 Å². The van der Waals surface area contributed by atoms with E-state index < -0.39 is 17.6 Å². The van der Waals surface area contributed by atoms with E-state index in [1.54, 1.807) is 48.1 Å². The number of nitriles is 1. The van der Waals surface area contributed by atoms with Gasteiger partial charge in [0.15, 0.2) is 5.92 Å². The van der Waals surface area contributed by atoms with Crippen LogP contribution in [0.15, 0.2) is 60.7 Å². The van der Waals surface area contributed by atoms with E-state index in [1.807, 2.05) is 30.3 Å². The van der Waals surface area contributed by atoms with Gasteiger partial charge >= 0.3 is 0 Å². The summed E-state index contributed by atoms with van der Waals surface area (Å²) in [6.07, 6.45) is 0. The molecule has 4 rings (SSSR count). The molecule has 0 spiro atoms. The van der Waals surface area contributed by atoms with E-state index in [4.69, 9.17) is 11.6 Å². The summed E-state index contributed by atoms with van der Waals surface area (Å²) in [4.78, 5) is 25.6. The maximum atomic E-state index is 13.1. The largest absolute Gasteiger partial charge is 0.324 e. The number of Topliss-reactive ketones (excluding diaryl/α,β-unsaturated/α-hetero) is 1. The van der Waals surface area contributed by atoms with E-state index in [2.05, 4.69) is 10.4 Å². The molecule has 4 aromatic rings. The molecule has 1 N–H and O–H groups in total. The molecule has 0 bridgehead atoms. The predicted octanol–water partition coefficient (Wildman–Crippen LogP) is 4.34. The smallest absolute Gasteiger partial charge is 0.249 e. The van der Waals surface area contributed by atoms with Crippen molar-refractivity contribution in [2.45, 2.75) is 0 Å². The third-order valence-electron chi connectivity index (χ3n) is 4.71. The molecule has 3 aromatic carbocycles. The highest BCUT2D eigenvalue weighted by molar-refractivity contribution is 6.31. The van der Waals surface area contributed by atoms with Crippen LogP contribution in [0.4, 0.5) is 5.69 Å². The normalized spacial score (nSPS) is 11.9. The zero-order valence-electron chi connectivity index (χ0n) is 15.4. The lowest BCUT2D eigenvalue weighted by molar-refractivity contribution is -0.117. The third-order valence-corrected chi connectivity index (χ3v) is 4.94. The van der Waals surface area contributed by atoms with Crippen LogP contribution in [0.3, 0.4) is 0 Å². The Labute approximate surface area is 171 Å². The van der Waals surface area contributed by atoms with E-state index in [0.717, 1.165) is 16.3 Å². The van der Waals surface area contributed by atoms with Crippen molar-refractivity contribution < 1.29 is 9.59 Å². The Kier molecular flexibility index (Phi) is 4.75. The highest BCUT2D eigenvalue weighted by Crippen LogP contribution is 2.28. The van der Waals surface area contributed by atoms with Gasteiger partial charge in [-0.3, -0.25) is 14.3 Å². The number of carbonyl (C=O) groups is 2. The van der Waals surface area contributed by atoms with Crippen molar-refractivity contribution >= 4 is 50.7 Å². The summed E-state index contributed by atoms with van der Waals surface area (Å²) in [7, 11) is 1.74. The quantitative estimate of drug-likeness (QED) is 0.406. The minimum Gasteiger partial charge on any atom is -0.324 e. The van der Waals surface area contributed by atoms with Gasteiger partial charge < -0.3 is 5.32 Å². The average Bonchev–Trinajstić information content (AvgIpc) is 3.05. The van der Waals surface area contributed by atoms with Crippen molar-refractivity contribution in [1.82, 2.24) is 9.78 Å². The lowest BCUT2D eigenvalue weighted by atomic mass is 9.98. The summed E-state index contributed by atoms with van der Waals surface area (Å²) in [5, 5.41) is 19.4. The maximum absolute atomic E-state index is 13.1. The van der Waals surface area contributed by atoms with Crippen LogP contribution in [-0.4, -0.2) is 21.5 Å². The number of fused-ring (bicyclic) bond motifs is 3. The summed E-state index contributed by atoms with van der Waals surface area (Å²) in [6, 6.07) is 19.7. The molecule has 0 fully saturated rings. The first kappa shape index (κ1) is 18.7. The lowest BCUT2D eigenvalue weighted by Crippen LogP contribution is -2.29. The first-order valence-electron chi connectivity index (χ1n) is 8.84. The number of ketones is 1. The molecule has 1 heterocycles. The topological polar surface area (TPSA) is 87.8 Å². The molecular formula is C22H15ClN4O2. The van der Waals surface area contributed by atoms with E-state index in [-0.39, 0.29) is 5.69 Å². The van der Waals surface area contributed by atoms with Gasteiger partial charge in [0.1, 0.15) is 5.69 Å². The fourth-order valence-corrected chi connectivity index (χ4v) is 3.57. The van der Waals surface area contributed by atoms with Crippen LogP contribution in [0.25, 0.3) is 21.7 Å². The van der Waals surface area contributed by atoms with Gasteiger partial charge in [0.25, 0.3) is 0 Å². The second-order valence-electron chi connectivity index (χ2n) is 6.58. The second-order valence-corrected chi connectivity index (χ2v) is 7.02. The molecule has 1 aromatic heterocycles. The van der Waals surface area contributed by atoms with E-state index in [9.17, 15) is 14.9 Å². The van der Waals surface area contributed by atoms with Crippen LogP contribution in [-0.2, 0) is 11.8 Å². The van der Waals surface area contributed by atoms with Gasteiger partial charge in [-0.05, 0) is 29.7 Å². The number of hydrogen-bond acceptors (Lipinski definition) is 4. The highest BCUT2D eigenvalue weighted by atomic mass is 35.5. The van der Waals surface area contributed by atoms with Crippen molar-refractivity contribution in [3.8, 4) is 6.07 Å². The Morgan fingerprint density at radius 3 is 2.66 bits per heavy atom. The Balaban J connectivity index is 1.73. The van der Waals surface area contributed by atoms with Crippen molar-refractivity contribution in [1.29, 1.82) is 5.26 Å². The zero-order chi connectivity index (χ0) is 20.5. The van der Waals surface area contributed by atoms with E-state index >= 15 is 0 Å². The number of hydrogen-bond donors (Lipinski definition) is 1. The Bertz CT molecular complexity index is 1320. The Morgan fingerprint density at radius 2 is 1.90 bits per heavy atom. The summed E-state index contributed by atoms with van der Waals surface area (Å²) >= 11 is 5.92. The summed E-state index contributed by atoms with van der Waals surface area (Å²) in [5.41, 5.74) is 1.28. The molecule has 0 aliphatic rings. The minimum atomic E-state index is -1.53. The van der Waals surface area contributed by atoms with E-state index in [0.29, 0.717) is 16.1 Å². The third kappa shape index (κ3) is 3.33. The monoisotopic (exact) mass is 402 g/mol. The van der Waals surface area contributed by atoms with Gasteiger partial charge in [-0.25, -0.2) is 0 Å². The number of nitrogens with one attached hydrogen (secondary N) is 1. The number of amides is 1. The van der Waals surface area contributed by atoms with Crippen LogP contribution < -0.4 is 5.32 Å². The number of halogens is 1. The molecule has 7 heteroatoms. The van der Waals surface area contributed by atoms with E-state index in [1.165, 1.54) is 0 Å².